The van der Waals surface area contributed by atoms with Crippen molar-refractivity contribution in [2.24, 2.45) is 0 Å². The highest BCUT2D eigenvalue weighted by atomic mass is 31.2. The molecule has 3 heteroatoms. The minimum atomic E-state index is -0.883. The number of hydrogen-bond acceptors (Lipinski definition) is 2. The van der Waals surface area contributed by atoms with Gasteiger partial charge in [-0.15, -0.1) is 0 Å². The molecule has 0 radical (unpaired) electrons. The maximum absolute atomic E-state index is 5.65. The second-order valence-electron chi connectivity index (χ2n) is 3.07. The molecule has 0 spiro atoms. The van der Waals surface area contributed by atoms with E-state index in [9.17, 15) is 0 Å². The molecular formula is C12H19O2P. The molecule has 0 amide bonds. The highest BCUT2D eigenvalue weighted by Gasteiger charge is 2.15. The third kappa shape index (κ3) is 3.57. The van der Waals surface area contributed by atoms with Crippen LogP contribution in [-0.2, 0) is 15.5 Å². The fourth-order valence-corrected chi connectivity index (χ4v) is 2.90. The summed E-state index contributed by atoms with van der Waals surface area (Å²) in [6, 6.07) is 8.36. The van der Waals surface area contributed by atoms with Crippen LogP contribution in [0.4, 0.5) is 0 Å². The normalized spacial score (nSPS) is 10.9. The van der Waals surface area contributed by atoms with Gasteiger partial charge >= 0.3 is 0 Å². The van der Waals surface area contributed by atoms with Gasteiger partial charge in [-0.05, 0) is 31.9 Å². The van der Waals surface area contributed by atoms with Crippen molar-refractivity contribution in [1.82, 2.24) is 0 Å². The van der Waals surface area contributed by atoms with Gasteiger partial charge in [0.15, 0.2) is 0 Å². The van der Waals surface area contributed by atoms with Crippen molar-refractivity contribution in [3.05, 3.63) is 29.8 Å². The van der Waals surface area contributed by atoms with Crippen molar-refractivity contribution in [2.45, 2.75) is 27.2 Å². The number of rotatable bonds is 6. The van der Waals surface area contributed by atoms with E-state index in [0.717, 1.165) is 6.42 Å². The Balaban J connectivity index is 2.88. The summed E-state index contributed by atoms with van der Waals surface area (Å²) in [6.45, 7) is 7.56. The Hall–Kier alpha value is -0.430. The lowest BCUT2D eigenvalue weighted by Gasteiger charge is -2.18. The maximum atomic E-state index is 5.65. The van der Waals surface area contributed by atoms with Crippen LogP contribution in [0.15, 0.2) is 24.3 Å². The lowest BCUT2D eigenvalue weighted by Crippen LogP contribution is -2.11. The summed E-state index contributed by atoms with van der Waals surface area (Å²) in [5.74, 6) is 0. The van der Waals surface area contributed by atoms with E-state index >= 15 is 0 Å². The van der Waals surface area contributed by atoms with Crippen LogP contribution < -0.4 is 5.30 Å². The Morgan fingerprint density at radius 2 is 1.60 bits per heavy atom. The summed E-state index contributed by atoms with van der Waals surface area (Å²) in [5.41, 5.74) is 1.32. The molecule has 0 fully saturated rings. The van der Waals surface area contributed by atoms with E-state index in [2.05, 4.69) is 25.1 Å². The van der Waals surface area contributed by atoms with Gasteiger partial charge in [-0.25, -0.2) is 0 Å². The zero-order valence-corrected chi connectivity index (χ0v) is 10.6. The van der Waals surface area contributed by atoms with Crippen LogP contribution in [0.3, 0.4) is 0 Å². The lowest BCUT2D eigenvalue weighted by atomic mass is 10.2. The van der Waals surface area contributed by atoms with Crippen LogP contribution in [0.1, 0.15) is 26.3 Å². The van der Waals surface area contributed by atoms with Gasteiger partial charge in [0.05, 0.1) is 13.2 Å². The smallest absolute Gasteiger partial charge is 0.205 e. The van der Waals surface area contributed by atoms with Gasteiger partial charge in [-0.3, -0.25) is 0 Å². The quantitative estimate of drug-likeness (QED) is 0.693. The van der Waals surface area contributed by atoms with E-state index in [1.807, 2.05) is 19.9 Å². The van der Waals surface area contributed by atoms with Gasteiger partial charge in [0.2, 0.25) is 8.38 Å². The molecule has 0 unspecified atom stereocenters. The standard InChI is InChI=1S/C12H19O2P/c1-4-11-9-7-8-10-12(11)15(13-5-2)14-6-3/h7-10H,4-6H2,1-3H3. The number of benzene rings is 1. The molecule has 0 aliphatic carbocycles. The van der Waals surface area contributed by atoms with E-state index in [4.69, 9.17) is 9.05 Å². The van der Waals surface area contributed by atoms with E-state index in [0.29, 0.717) is 13.2 Å². The molecule has 0 aliphatic rings. The molecule has 1 aromatic carbocycles. The molecule has 2 nitrogen and oxygen atoms in total. The highest BCUT2D eigenvalue weighted by Crippen LogP contribution is 2.38. The zero-order valence-electron chi connectivity index (χ0n) is 9.69. The Bertz CT molecular complexity index is 283. The molecule has 0 aliphatic heterocycles. The van der Waals surface area contributed by atoms with Gasteiger partial charge in [0.1, 0.15) is 0 Å². The van der Waals surface area contributed by atoms with Gasteiger partial charge in [0, 0.05) is 5.30 Å². The largest absolute Gasteiger partial charge is 0.331 e. The van der Waals surface area contributed by atoms with Crippen molar-refractivity contribution in [3.8, 4) is 0 Å². The van der Waals surface area contributed by atoms with Crippen LogP contribution >= 0.6 is 8.38 Å². The molecule has 0 saturated carbocycles. The summed E-state index contributed by atoms with van der Waals surface area (Å²) >= 11 is 0. The van der Waals surface area contributed by atoms with Crippen molar-refractivity contribution >= 4 is 13.7 Å². The highest BCUT2D eigenvalue weighted by molar-refractivity contribution is 7.56. The second-order valence-corrected chi connectivity index (χ2v) is 4.59. The average Bonchev–Trinajstić information content (AvgIpc) is 2.29. The van der Waals surface area contributed by atoms with Crippen molar-refractivity contribution in [1.29, 1.82) is 0 Å². The first-order chi connectivity index (χ1) is 7.33. The van der Waals surface area contributed by atoms with Crippen LogP contribution in [0.5, 0.6) is 0 Å². The van der Waals surface area contributed by atoms with E-state index < -0.39 is 8.38 Å². The molecule has 0 bridgehead atoms. The van der Waals surface area contributed by atoms with Gasteiger partial charge in [0.25, 0.3) is 0 Å². The first-order valence-electron chi connectivity index (χ1n) is 5.47. The number of hydrogen-bond donors (Lipinski definition) is 0. The Kier molecular flexibility index (Phi) is 5.85. The molecule has 1 aromatic rings. The summed E-state index contributed by atoms with van der Waals surface area (Å²) in [7, 11) is -0.883. The molecule has 84 valence electrons. The second kappa shape index (κ2) is 6.95. The minimum Gasteiger partial charge on any atom is -0.331 e. The van der Waals surface area contributed by atoms with Crippen LogP contribution in [0, 0.1) is 0 Å². The van der Waals surface area contributed by atoms with Crippen molar-refractivity contribution in [2.75, 3.05) is 13.2 Å². The third-order valence-electron chi connectivity index (χ3n) is 2.06. The third-order valence-corrected chi connectivity index (χ3v) is 3.88. The molecular weight excluding hydrogens is 207 g/mol. The average molecular weight is 226 g/mol. The molecule has 0 aromatic heterocycles. The van der Waals surface area contributed by atoms with Crippen LogP contribution in [0.25, 0.3) is 0 Å². The maximum Gasteiger partial charge on any atom is 0.205 e. The fourth-order valence-electron chi connectivity index (χ4n) is 1.40. The van der Waals surface area contributed by atoms with Crippen molar-refractivity contribution < 1.29 is 9.05 Å². The van der Waals surface area contributed by atoms with Crippen molar-refractivity contribution in [3.63, 3.8) is 0 Å². The topological polar surface area (TPSA) is 18.5 Å². The predicted molar refractivity (Wildman–Crippen MR) is 65.6 cm³/mol. The SMILES string of the molecule is CCOP(OCC)c1ccccc1CC. The van der Waals surface area contributed by atoms with Crippen LogP contribution in [0.2, 0.25) is 0 Å². The molecule has 15 heavy (non-hydrogen) atoms. The molecule has 0 heterocycles. The summed E-state index contributed by atoms with van der Waals surface area (Å²) in [5, 5.41) is 1.22. The van der Waals surface area contributed by atoms with Gasteiger partial charge in [-0.2, -0.15) is 0 Å². The van der Waals surface area contributed by atoms with E-state index in [1.54, 1.807) is 0 Å². The first-order valence-corrected chi connectivity index (χ1v) is 6.65. The molecule has 0 saturated heterocycles. The molecule has 1 rings (SSSR count). The monoisotopic (exact) mass is 226 g/mol. The lowest BCUT2D eigenvalue weighted by molar-refractivity contribution is 0.277. The van der Waals surface area contributed by atoms with Gasteiger partial charge < -0.3 is 9.05 Å². The predicted octanol–water partition coefficient (Wildman–Crippen LogP) is 3.26. The Labute approximate surface area is 93.5 Å². The summed E-state index contributed by atoms with van der Waals surface area (Å²) in [4.78, 5) is 0. The Morgan fingerprint density at radius 3 is 2.13 bits per heavy atom. The van der Waals surface area contributed by atoms with Crippen LogP contribution in [-0.4, -0.2) is 13.2 Å². The van der Waals surface area contributed by atoms with E-state index in [1.165, 1.54) is 10.9 Å². The molecule has 0 N–H and O–H groups in total. The summed E-state index contributed by atoms with van der Waals surface area (Å²) < 4.78 is 11.3. The summed E-state index contributed by atoms with van der Waals surface area (Å²) in [6.07, 6.45) is 1.02. The van der Waals surface area contributed by atoms with E-state index in [-0.39, 0.29) is 0 Å². The zero-order chi connectivity index (χ0) is 11.1. The first kappa shape index (κ1) is 12.6. The Morgan fingerprint density at radius 1 is 1.00 bits per heavy atom. The number of aryl methyl sites for hydroxylation is 1. The van der Waals surface area contributed by atoms with Gasteiger partial charge in [-0.1, -0.05) is 25.1 Å². The molecule has 0 atom stereocenters. The fraction of sp³-hybridized carbons (Fsp3) is 0.500. The minimum absolute atomic E-state index is 0.698.